The van der Waals surface area contributed by atoms with Crippen molar-refractivity contribution in [2.45, 2.75) is 37.9 Å². The van der Waals surface area contributed by atoms with E-state index in [4.69, 9.17) is 4.74 Å². The SMILES string of the molecule is COc1ccc(Cn2nc3c(c(C(F)(F)F)c2=O)CCC3(C)CO)cc1. The molecule has 0 amide bonds. The Labute approximate surface area is 148 Å². The lowest BCUT2D eigenvalue weighted by Gasteiger charge is -2.22. The van der Waals surface area contributed by atoms with Gasteiger partial charge in [-0.1, -0.05) is 19.1 Å². The number of alkyl halides is 3. The highest BCUT2D eigenvalue weighted by Gasteiger charge is 2.45. The predicted octanol–water partition coefficient (Wildman–Crippen LogP) is 2.52. The van der Waals surface area contributed by atoms with Crippen molar-refractivity contribution >= 4 is 0 Å². The van der Waals surface area contributed by atoms with Gasteiger partial charge in [0, 0.05) is 5.41 Å². The zero-order chi connectivity index (χ0) is 19.1. The van der Waals surface area contributed by atoms with E-state index in [1.807, 2.05) is 0 Å². The summed E-state index contributed by atoms with van der Waals surface area (Å²) in [5.41, 5.74) is -2.53. The maximum atomic E-state index is 13.6. The predicted molar refractivity (Wildman–Crippen MR) is 88.4 cm³/mol. The molecule has 2 aromatic rings. The van der Waals surface area contributed by atoms with Crippen molar-refractivity contribution in [1.29, 1.82) is 0 Å². The van der Waals surface area contributed by atoms with Gasteiger partial charge in [-0.3, -0.25) is 4.79 Å². The highest BCUT2D eigenvalue weighted by atomic mass is 19.4. The fourth-order valence-corrected chi connectivity index (χ4v) is 3.31. The van der Waals surface area contributed by atoms with Crippen molar-refractivity contribution in [3.63, 3.8) is 0 Å². The van der Waals surface area contributed by atoms with Gasteiger partial charge < -0.3 is 9.84 Å². The number of aliphatic hydroxyl groups is 1. The third-order valence-electron chi connectivity index (χ3n) is 4.88. The molecule has 1 N–H and O–H groups in total. The zero-order valence-electron chi connectivity index (χ0n) is 14.4. The molecular weight excluding hydrogens is 349 g/mol. The van der Waals surface area contributed by atoms with Gasteiger partial charge in [0.2, 0.25) is 0 Å². The first-order chi connectivity index (χ1) is 12.2. The molecule has 1 aromatic heterocycles. The molecule has 3 rings (SSSR count). The van der Waals surface area contributed by atoms with Crippen LogP contribution in [0.15, 0.2) is 29.1 Å². The van der Waals surface area contributed by atoms with E-state index in [1.54, 1.807) is 31.2 Å². The van der Waals surface area contributed by atoms with Crippen LogP contribution in [0.5, 0.6) is 5.75 Å². The first-order valence-corrected chi connectivity index (χ1v) is 8.15. The highest BCUT2D eigenvalue weighted by Crippen LogP contribution is 2.41. The van der Waals surface area contributed by atoms with Gasteiger partial charge in [0.15, 0.2) is 0 Å². The van der Waals surface area contributed by atoms with E-state index in [9.17, 15) is 23.1 Å². The zero-order valence-corrected chi connectivity index (χ0v) is 14.4. The van der Waals surface area contributed by atoms with E-state index in [0.717, 1.165) is 4.68 Å². The van der Waals surface area contributed by atoms with Crippen molar-refractivity contribution in [2.24, 2.45) is 0 Å². The molecule has 26 heavy (non-hydrogen) atoms. The molecule has 1 heterocycles. The van der Waals surface area contributed by atoms with Crippen molar-refractivity contribution in [3.05, 3.63) is 57.0 Å². The minimum absolute atomic E-state index is 0.0762. The minimum atomic E-state index is -4.77. The molecule has 0 spiro atoms. The highest BCUT2D eigenvalue weighted by molar-refractivity contribution is 5.40. The van der Waals surface area contributed by atoms with Gasteiger partial charge in [-0.05, 0) is 36.1 Å². The van der Waals surface area contributed by atoms with Gasteiger partial charge in [-0.15, -0.1) is 0 Å². The van der Waals surface area contributed by atoms with E-state index < -0.39 is 22.7 Å². The number of ether oxygens (including phenoxy) is 1. The summed E-state index contributed by atoms with van der Waals surface area (Å²) in [4.78, 5) is 12.5. The number of aliphatic hydroxyl groups excluding tert-OH is 1. The molecule has 0 radical (unpaired) electrons. The number of halogens is 3. The van der Waals surface area contributed by atoms with Crippen molar-refractivity contribution in [1.82, 2.24) is 9.78 Å². The Balaban J connectivity index is 2.14. The molecule has 140 valence electrons. The van der Waals surface area contributed by atoms with E-state index in [1.165, 1.54) is 7.11 Å². The van der Waals surface area contributed by atoms with Crippen LogP contribution in [0.1, 0.15) is 35.7 Å². The van der Waals surface area contributed by atoms with Crippen molar-refractivity contribution in [3.8, 4) is 5.75 Å². The third kappa shape index (κ3) is 3.09. The van der Waals surface area contributed by atoms with Gasteiger partial charge in [0.25, 0.3) is 5.56 Å². The summed E-state index contributed by atoms with van der Waals surface area (Å²) in [7, 11) is 1.51. The molecule has 5 nitrogen and oxygen atoms in total. The second kappa shape index (κ2) is 6.42. The molecular formula is C18H19F3N2O3. The summed E-state index contributed by atoms with van der Waals surface area (Å²) < 4.78 is 46.6. The number of hydrogen-bond donors (Lipinski definition) is 1. The summed E-state index contributed by atoms with van der Waals surface area (Å²) in [6, 6.07) is 6.66. The molecule has 1 aliphatic rings. The van der Waals surface area contributed by atoms with E-state index in [2.05, 4.69) is 5.10 Å². The lowest BCUT2D eigenvalue weighted by Crippen LogP contribution is -2.36. The number of aromatic nitrogens is 2. The smallest absolute Gasteiger partial charge is 0.422 e. The average molecular weight is 368 g/mol. The number of hydrogen-bond acceptors (Lipinski definition) is 4. The molecule has 0 saturated carbocycles. The maximum absolute atomic E-state index is 13.6. The van der Waals surface area contributed by atoms with Crippen LogP contribution in [0, 0.1) is 0 Å². The Morgan fingerprint density at radius 1 is 1.31 bits per heavy atom. The average Bonchev–Trinajstić information content (AvgIpc) is 2.92. The normalized spacial score (nSPS) is 19.5. The largest absolute Gasteiger partial charge is 0.497 e. The molecule has 1 aliphatic carbocycles. The Morgan fingerprint density at radius 3 is 2.50 bits per heavy atom. The fourth-order valence-electron chi connectivity index (χ4n) is 3.31. The van der Waals surface area contributed by atoms with Crippen LogP contribution in [0.4, 0.5) is 13.2 Å². The van der Waals surface area contributed by atoms with Crippen LogP contribution in [-0.4, -0.2) is 28.6 Å². The summed E-state index contributed by atoms with van der Waals surface area (Å²) in [6.07, 6.45) is -4.37. The lowest BCUT2D eigenvalue weighted by molar-refractivity contribution is -0.139. The molecule has 0 aliphatic heterocycles. The monoisotopic (exact) mass is 368 g/mol. The van der Waals surface area contributed by atoms with Crippen LogP contribution < -0.4 is 10.3 Å². The molecule has 1 unspecified atom stereocenters. The number of methoxy groups -OCH3 is 1. The van der Waals surface area contributed by atoms with Crippen molar-refractivity contribution in [2.75, 3.05) is 13.7 Å². The Morgan fingerprint density at radius 2 is 1.96 bits per heavy atom. The molecule has 8 heteroatoms. The lowest BCUT2D eigenvalue weighted by atomic mass is 9.89. The van der Waals surface area contributed by atoms with Gasteiger partial charge >= 0.3 is 6.18 Å². The second-order valence-corrected chi connectivity index (χ2v) is 6.73. The van der Waals surface area contributed by atoms with Gasteiger partial charge in [0.05, 0.1) is 26.0 Å². The summed E-state index contributed by atoms with van der Waals surface area (Å²) in [5, 5.41) is 13.9. The first-order valence-electron chi connectivity index (χ1n) is 8.15. The van der Waals surface area contributed by atoms with Gasteiger partial charge in [-0.25, -0.2) is 4.68 Å². The van der Waals surface area contributed by atoms with E-state index in [-0.39, 0.29) is 30.8 Å². The van der Waals surface area contributed by atoms with Crippen LogP contribution in [0.25, 0.3) is 0 Å². The molecule has 0 fully saturated rings. The number of rotatable bonds is 4. The summed E-state index contributed by atoms with van der Waals surface area (Å²) in [5.74, 6) is 0.604. The summed E-state index contributed by atoms with van der Waals surface area (Å²) in [6.45, 7) is 1.24. The van der Waals surface area contributed by atoms with Crippen LogP contribution in [-0.2, 0) is 24.6 Å². The minimum Gasteiger partial charge on any atom is -0.497 e. The number of fused-ring (bicyclic) bond motifs is 1. The second-order valence-electron chi connectivity index (χ2n) is 6.73. The van der Waals surface area contributed by atoms with Crippen LogP contribution >= 0.6 is 0 Å². The Hall–Kier alpha value is -2.35. The van der Waals surface area contributed by atoms with Crippen LogP contribution in [0.2, 0.25) is 0 Å². The van der Waals surface area contributed by atoms with Gasteiger partial charge in [0.1, 0.15) is 11.3 Å². The molecule has 1 atom stereocenters. The fraction of sp³-hybridized carbons (Fsp3) is 0.444. The number of benzene rings is 1. The molecule has 0 saturated heterocycles. The maximum Gasteiger partial charge on any atom is 0.422 e. The Kier molecular flexibility index (Phi) is 4.56. The quantitative estimate of drug-likeness (QED) is 0.901. The van der Waals surface area contributed by atoms with Crippen molar-refractivity contribution < 1.29 is 23.0 Å². The topological polar surface area (TPSA) is 64.4 Å². The number of nitrogens with zero attached hydrogens (tertiary/aromatic N) is 2. The summed E-state index contributed by atoms with van der Waals surface area (Å²) >= 11 is 0. The van der Waals surface area contributed by atoms with E-state index in [0.29, 0.717) is 17.7 Å². The Bertz CT molecular complexity index is 875. The third-order valence-corrected chi connectivity index (χ3v) is 4.88. The van der Waals surface area contributed by atoms with E-state index >= 15 is 0 Å². The first kappa shape index (κ1) is 18.4. The molecule has 1 aromatic carbocycles. The molecule has 0 bridgehead atoms. The van der Waals surface area contributed by atoms with Gasteiger partial charge in [-0.2, -0.15) is 18.3 Å². The van der Waals surface area contributed by atoms with Crippen LogP contribution in [0.3, 0.4) is 0 Å². The standard InChI is InChI=1S/C18H19F3N2O3/c1-17(10-24)8-7-13-14(18(19,20)21)16(25)23(22-15(13)17)9-11-3-5-12(26-2)6-4-11/h3-6,24H,7-10H2,1-2H3.